The molecule has 7 nitrogen and oxygen atoms in total. The van der Waals surface area contributed by atoms with Crippen LogP contribution in [0.25, 0.3) is 0 Å². The van der Waals surface area contributed by atoms with E-state index in [1.165, 1.54) is 0 Å². The van der Waals surface area contributed by atoms with Gasteiger partial charge >= 0.3 is 6.18 Å². The number of benzene rings is 1. The number of aryl methyl sites for hydroxylation is 2. The number of amides is 1. The molecule has 0 bridgehead atoms. The van der Waals surface area contributed by atoms with Crippen LogP contribution in [0.4, 0.5) is 30.6 Å². The van der Waals surface area contributed by atoms with E-state index in [4.69, 9.17) is 4.74 Å². The largest absolute Gasteiger partial charge is 0.421 e. The molecule has 0 spiro atoms. The van der Waals surface area contributed by atoms with Crippen molar-refractivity contribution in [3.05, 3.63) is 41.1 Å². The van der Waals surface area contributed by atoms with Gasteiger partial charge in [0.2, 0.25) is 11.9 Å². The molecule has 1 aliphatic heterocycles. The fourth-order valence-corrected chi connectivity index (χ4v) is 3.45. The highest BCUT2D eigenvalue weighted by Gasteiger charge is 2.35. The van der Waals surface area contributed by atoms with Crippen LogP contribution in [0, 0.1) is 6.92 Å². The number of nitrogens with zero attached hydrogens (tertiary/aromatic N) is 3. The summed E-state index contributed by atoms with van der Waals surface area (Å²) in [4.78, 5) is 21.7. The normalized spacial score (nSPS) is 14.9. The van der Waals surface area contributed by atoms with Crippen molar-refractivity contribution in [3.63, 3.8) is 0 Å². The molecule has 3 rings (SSSR count). The maximum absolute atomic E-state index is 13.5. The maximum atomic E-state index is 13.5. The number of alkyl halides is 3. The van der Waals surface area contributed by atoms with Crippen molar-refractivity contribution in [2.24, 2.45) is 0 Å². The van der Waals surface area contributed by atoms with E-state index in [0.29, 0.717) is 39.1 Å². The van der Waals surface area contributed by atoms with Gasteiger partial charge in [0.25, 0.3) is 0 Å². The summed E-state index contributed by atoms with van der Waals surface area (Å²) in [5.74, 6) is -0.205. The van der Waals surface area contributed by atoms with Crippen molar-refractivity contribution in [2.45, 2.75) is 39.3 Å². The maximum Gasteiger partial charge on any atom is 0.421 e. The van der Waals surface area contributed by atoms with Crippen LogP contribution in [0.1, 0.15) is 36.5 Å². The molecule has 0 radical (unpaired) electrons. The number of ether oxygens (including phenoxy) is 1. The van der Waals surface area contributed by atoms with Gasteiger partial charge in [-0.3, -0.25) is 4.79 Å². The summed E-state index contributed by atoms with van der Waals surface area (Å²) in [6, 6.07) is 5.86. The molecule has 2 heterocycles. The molecule has 1 aromatic heterocycles. The number of halogens is 3. The highest BCUT2D eigenvalue weighted by molar-refractivity contribution is 5.76. The van der Waals surface area contributed by atoms with Gasteiger partial charge in [-0.2, -0.15) is 18.2 Å². The summed E-state index contributed by atoms with van der Waals surface area (Å²) < 4.78 is 45.7. The second kappa shape index (κ2) is 10.6. The third kappa shape index (κ3) is 6.32. The van der Waals surface area contributed by atoms with Gasteiger partial charge in [-0.15, -0.1) is 0 Å². The minimum atomic E-state index is -4.59. The van der Waals surface area contributed by atoms with Crippen molar-refractivity contribution >= 4 is 23.4 Å². The van der Waals surface area contributed by atoms with Crippen LogP contribution in [0.5, 0.6) is 0 Å². The summed E-state index contributed by atoms with van der Waals surface area (Å²) in [5.41, 5.74) is 1.87. The number of aromatic nitrogens is 2. The molecule has 174 valence electrons. The molecule has 0 aliphatic carbocycles. The molecule has 1 aliphatic rings. The van der Waals surface area contributed by atoms with Crippen molar-refractivity contribution in [1.82, 2.24) is 14.9 Å². The third-order valence-electron chi connectivity index (χ3n) is 5.20. The lowest BCUT2D eigenvalue weighted by Crippen LogP contribution is -2.33. The minimum Gasteiger partial charge on any atom is -0.379 e. The van der Waals surface area contributed by atoms with Crippen molar-refractivity contribution in [2.75, 3.05) is 43.5 Å². The third-order valence-corrected chi connectivity index (χ3v) is 5.20. The molecule has 1 saturated heterocycles. The quantitative estimate of drug-likeness (QED) is 0.587. The van der Waals surface area contributed by atoms with E-state index < -0.39 is 11.7 Å². The molecule has 0 unspecified atom stereocenters. The molecule has 1 fully saturated rings. The van der Waals surface area contributed by atoms with Crippen molar-refractivity contribution < 1.29 is 22.7 Å². The highest BCUT2D eigenvalue weighted by Crippen LogP contribution is 2.34. The molecule has 2 N–H and O–H groups in total. The summed E-state index contributed by atoms with van der Waals surface area (Å²) in [7, 11) is 0. The van der Waals surface area contributed by atoms with E-state index in [1.54, 1.807) is 4.90 Å². The molecule has 1 aromatic carbocycles. The molecule has 0 saturated carbocycles. The van der Waals surface area contributed by atoms with Crippen LogP contribution < -0.4 is 10.6 Å². The Bertz CT molecular complexity index is 936. The van der Waals surface area contributed by atoms with Gasteiger partial charge in [0.15, 0.2) is 0 Å². The monoisotopic (exact) mass is 451 g/mol. The summed E-state index contributed by atoms with van der Waals surface area (Å²) in [6.07, 6.45) is -2.24. The first-order valence-corrected chi connectivity index (χ1v) is 10.7. The van der Waals surface area contributed by atoms with Crippen LogP contribution in [-0.2, 0) is 22.1 Å². The lowest BCUT2D eigenvalue weighted by Gasteiger charge is -2.20. The SMILES string of the molecule is CCc1ccc(C)cc1Nc1ncc(C(F)(F)F)c(NCCCN2CCOCCC2=O)n1. The molecular formula is C22H28F3N5O2. The standard InChI is InChI=1S/C22H28F3N5O2/c1-3-16-6-5-15(2)13-18(16)28-21-27-14-17(22(23,24)25)20(29-21)26-8-4-9-30-10-12-32-11-7-19(30)31/h5-6,13-14H,3-4,7-12H2,1-2H3,(H2,26,27,28,29). The molecule has 1 amide bonds. The molecule has 10 heteroatoms. The lowest BCUT2D eigenvalue weighted by atomic mass is 10.1. The van der Waals surface area contributed by atoms with Crippen LogP contribution in [0.3, 0.4) is 0 Å². The van der Waals surface area contributed by atoms with E-state index in [0.717, 1.165) is 29.4 Å². The van der Waals surface area contributed by atoms with Crippen molar-refractivity contribution in [3.8, 4) is 0 Å². The average Bonchev–Trinajstić information content (AvgIpc) is 2.95. The number of carbonyl (C=O) groups is 1. The minimum absolute atomic E-state index is 0.00288. The number of carbonyl (C=O) groups excluding carboxylic acids is 1. The Labute approximate surface area is 185 Å². The Morgan fingerprint density at radius 3 is 2.81 bits per heavy atom. The first-order chi connectivity index (χ1) is 15.3. The predicted octanol–water partition coefficient (Wildman–Crippen LogP) is 4.16. The molecular weight excluding hydrogens is 423 g/mol. The van der Waals surface area contributed by atoms with Gasteiger partial charge in [-0.05, 0) is 37.0 Å². The van der Waals surface area contributed by atoms with Gasteiger partial charge in [0.05, 0.1) is 19.6 Å². The van der Waals surface area contributed by atoms with E-state index in [2.05, 4.69) is 20.6 Å². The Morgan fingerprint density at radius 1 is 1.25 bits per heavy atom. The second-order valence-electron chi connectivity index (χ2n) is 7.62. The van der Waals surface area contributed by atoms with Gasteiger partial charge in [-0.25, -0.2) is 4.98 Å². The highest BCUT2D eigenvalue weighted by atomic mass is 19.4. The topological polar surface area (TPSA) is 79.4 Å². The molecule has 0 atom stereocenters. The second-order valence-corrected chi connectivity index (χ2v) is 7.62. The van der Waals surface area contributed by atoms with Gasteiger partial charge in [-0.1, -0.05) is 19.1 Å². The first kappa shape index (κ1) is 23.8. The van der Waals surface area contributed by atoms with Gasteiger partial charge in [0, 0.05) is 31.5 Å². The molecule has 32 heavy (non-hydrogen) atoms. The van der Waals surface area contributed by atoms with E-state index in [1.807, 2.05) is 32.0 Å². The van der Waals surface area contributed by atoms with Crippen LogP contribution >= 0.6 is 0 Å². The first-order valence-electron chi connectivity index (χ1n) is 10.7. The van der Waals surface area contributed by atoms with Crippen LogP contribution in [0.15, 0.2) is 24.4 Å². The van der Waals surface area contributed by atoms with Crippen molar-refractivity contribution in [1.29, 1.82) is 0 Å². The number of hydrogen-bond donors (Lipinski definition) is 2. The van der Waals surface area contributed by atoms with Gasteiger partial charge in [0.1, 0.15) is 11.4 Å². The number of nitrogens with one attached hydrogen (secondary N) is 2. The van der Waals surface area contributed by atoms with E-state index in [-0.39, 0.29) is 24.2 Å². The van der Waals surface area contributed by atoms with E-state index >= 15 is 0 Å². The zero-order chi connectivity index (χ0) is 23.1. The Kier molecular flexibility index (Phi) is 7.89. The Hall–Kier alpha value is -2.88. The number of rotatable bonds is 8. The zero-order valence-electron chi connectivity index (χ0n) is 18.3. The molecule has 2 aromatic rings. The summed E-state index contributed by atoms with van der Waals surface area (Å²) >= 11 is 0. The van der Waals surface area contributed by atoms with E-state index in [9.17, 15) is 18.0 Å². The fourth-order valence-electron chi connectivity index (χ4n) is 3.45. The predicted molar refractivity (Wildman–Crippen MR) is 116 cm³/mol. The Balaban J connectivity index is 1.70. The lowest BCUT2D eigenvalue weighted by molar-refractivity contribution is -0.137. The average molecular weight is 451 g/mol. The van der Waals surface area contributed by atoms with Crippen LogP contribution in [-0.4, -0.2) is 53.6 Å². The zero-order valence-corrected chi connectivity index (χ0v) is 18.3. The summed E-state index contributed by atoms with van der Waals surface area (Å²) in [5, 5.41) is 5.82. The van der Waals surface area contributed by atoms with Gasteiger partial charge < -0.3 is 20.3 Å². The number of hydrogen-bond acceptors (Lipinski definition) is 6. The fraction of sp³-hybridized carbons (Fsp3) is 0.500. The summed E-state index contributed by atoms with van der Waals surface area (Å²) in [6.45, 7) is 5.97. The number of anilines is 3. The van der Waals surface area contributed by atoms with Crippen LogP contribution in [0.2, 0.25) is 0 Å². The Morgan fingerprint density at radius 2 is 2.06 bits per heavy atom. The smallest absolute Gasteiger partial charge is 0.379 e.